The van der Waals surface area contributed by atoms with E-state index >= 15 is 0 Å². The molecule has 4 aromatic rings. The summed E-state index contributed by atoms with van der Waals surface area (Å²) in [6.45, 7) is 0.970. The van der Waals surface area contributed by atoms with E-state index in [9.17, 15) is 4.79 Å². The highest BCUT2D eigenvalue weighted by Crippen LogP contribution is 2.30. The van der Waals surface area contributed by atoms with Crippen molar-refractivity contribution in [2.45, 2.75) is 25.6 Å². The minimum Gasteiger partial charge on any atom is -0.370 e. The second kappa shape index (κ2) is 8.33. The molecule has 1 amide bonds. The number of carbonyl (C=O) groups is 1. The molecule has 2 heterocycles. The van der Waals surface area contributed by atoms with Gasteiger partial charge in [-0.05, 0) is 28.8 Å². The molecule has 0 spiro atoms. The minimum atomic E-state index is -0.336. The van der Waals surface area contributed by atoms with Crippen LogP contribution in [0.4, 0.5) is 0 Å². The van der Waals surface area contributed by atoms with Crippen LogP contribution in [0.3, 0.4) is 0 Å². The highest BCUT2D eigenvalue weighted by Gasteiger charge is 2.18. The van der Waals surface area contributed by atoms with Gasteiger partial charge < -0.3 is 15.5 Å². The molecule has 4 rings (SSSR count). The third-order valence-corrected chi connectivity index (χ3v) is 5.34. The molecule has 142 valence electrons. The van der Waals surface area contributed by atoms with Gasteiger partial charge >= 0.3 is 0 Å². The van der Waals surface area contributed by atoms with E-state index in [1.54, 1.807) is 23.9 Å². The number of amides is 1. The number of aromatic nitrogens is 3. The number of nitrogens with zero attached hydrogens (tertiary/aromatic N) is 2. The number of fused-ring (bicyclic) bond motifs is 1. The average Bonchev–Trinajstić information content (AvgIpc) is 3.37. The van der Waals surface area contributed by atoms with Crippen molar-refractivity contribution >= 4 is 28.3 Å². The molecule has 0 saturated carbocycles. The van der Waals surface area contributed by atoms with Gasteiger partial charge in [0.2, 0.25) is 5.91 Å². The summed E-state index contributed by atoms with van der Waals surface area (Å²) < 4.78 is 5.78. The van der Waals surface area contributed by atoms with Gasteiger partial charge in [0.1, 0.15) is 5.01 Å². The fraction of sp³-hybridized carbons (Fsp3) is 0.190. The quantitative estimate of drug-likeness (QED) is 0.478. The molecule has 0 aliphatic carbocycles. The van der Waals surface area contributed by atoms with E-state index in [1.165, 1.54) is 0 Å². The number of carbonyl (C=O) groups excluding carboxylic acids is 1. The van der Waals surface area contributed by atoms with E-state index < -0.39 is 0 Å². The Morgan fingerprint density at radius 1 is 1.14 bits per heavy atom. The fourth-order valence-corrected chi connectivity index (χ4v) is 3.83. The van der Waals surface area contributed by atoms with Crippen molar-refractivity contribution in [2.75, 3.05) is 0 Å². The first-order valence-electron chi connectivity index (χ1n) is 8.95. The van der Waals surface area contributed by atoms with Gasteiger partial charge in [0, 0.05) is 23.9 Å². The zero-order chi connectivity index (χ0) is 19.3. The van der Waals surface area contributed by atoms with E-state index in [4.69, 9.17) is 10.5 Å². The van der Waals surface area contributed by atoms with E-state index in [0.29, 0.717) is 13.2 Å². The Bertz CT molecular complexity index is 1070. The van der Waals surface area contributed by atoms with Crippen LogP contribution in [-0.2, 0) is 22.7 Å². The van der Waals surface area contributed by atoms with E-state index in [-0.39, 0.29) is 18.2 Å². The number of ether oxygens (including phenoxy) is 1. The number of rotatable bonds is 8. The van der Waals surface area contributed by atoms with Gasteiger partial charge in [0.15, 0.2) is 0 Å². The number of nitrogens with two attached hydrogens (primary N) is 1. The molecule has 1 atom stereocenters. The lowest BCUT2D eigenvalue weighted by molar-refractivity contribution is -0.118. The van der Waals surface area contributed by atoms with Gasteiger partial charge in [-0.1, -0.05) is 30.3 Å². The monoisotopic (exact) mass is 392 g/mol. The second-order valence-electron chi connectivity index (χ2n) is 6.57. The van der Waals surface area contributed by atoms with Crippen LogP contribution >= 0.6 is 11.3 Å². The summed E-state index contributed by atoms with van der Waals surface area (Å²) in [6, 6.07) is 14.1. The molecule has 2 aromatic heterocycles. The number of hydrogen-bond donors (Lipinski definition) is 2. The van der Waals surface area contributed by atoms with Gasteiger partial charge in [-0.15, -0.1) is 11.3 Å². The highest BCUT2D eigenvalue weighted by molar-refractivity contribution is 7.09. The predicted octanol–water partition coefficient (Wildman–Crippen LogP) is 3.74. The smallest absolute Gasteiger partial charge is 0.218 e. The van der Waals surface area contributed by atoms with Gasteiger partial charge in [-0.3, -0.25) is 4.79 Å². The maximum absolute atomic E-state index is 11.7. The Kier molecular flexibility index (Phi) is 5.45. The molecule has 0 saturated heterocycles. The van der Waals surface area contributed by atoms with E-state index in [1.807, 2.05) is 41.8 Å². The molecule has 6 nitrogen and oxygen atoms in total. The molecule has 1 unspecified atom stereocenters. The van der Waals surface area contributed by atoms with E-state index in [2.05, 4.69) is 21.0 Å². The second-order valence-corrected chi connectivity index (χ2v) is 7.54. The molecule has 3 N–H and O–H groups in total. The fourth-order valence-electron chi connectivity index (χ4n) is 3.28. The Morgan fingerprint density at radius 2 is 2.04 bits per heavy atom. The number of primary amides is 1. The van der Waals surface area contributed by atoms with E-state index in [0.717, 1.165) is 32.7 Å². The van der Waals surface area contributed by atoms with Gasteiger partial charge in [-0.25, -0.2) is 9.97 Å². The molecule has 2 aromatic carbocycles. The number of nitrogens with one attached hydrogen (secondary N) is 1. The maximum atomic E-state index is 11.7. The van der Waals surface area contributed by atoms with Crippen molar-refractivity contribution in [3.05, 3.63) is 82.1 Å². The first-order chi connectivity index (χ1) is 13.7. The van der Waals surface area contributed by atoms with Gasteiger partial charge in [-0.2, -0.15) is 0 Å². The van der Waals surface area contributed by atoms with Crippen LogP contribution in [0.1, 0.15) is 34.0 Å². The largest absolute Gasteiger partial charge is 0.370 e. The van der Waals surface area contributed by atoms with Crippen LogP contribution < -0.4 is 5.73 Å². The first-order valence-corrected chi connectivity index (χ1v) is 9.83. The summed E-state index contributed by atoms with van der Waals surface area (Å²) in [5.74, 6) is -0.463. The molecule has 0 aliphatic heterocycles. The molecular weight excluding hydrogens is 372 g/mol. The average molecular weight is 392 g/mol. The first kappa shape index (κ1) is 18.3. The third kappa shape index (κ3) is 4.27. The summed E-state index contributed by atoms with van der Waals surface area (Å²) in [4.78, 5) is 23.4. The van der Waals surface area contributed by atoms with Crippen molar-refractivity contribution in [3.63, 3.8) is 0 Å². The van der Waals surface area contributed by atoms with Crippen LogP contribution in [0.25, 0.3) is 11.0 Å². The number of hydrogen-bond acceptors (Lipinski definition) is 5. The number of aromatic amines is 1. The predicted molar refractivity (Wildman–Crippen MR) is 109 cm³/mol. The lowest BCUT2D eigenvalue weighted by atomic mass is 9.87. The van der Waals surface area contributed by atoms with Crippen LogP contribution in [-0.4, -0.2) is 20.9 Å². The zero-order valence-electron chi connectivity index (χ0n) is 15.2. The molecule has 0 radical (unpaired) electrons. The standard InChI is InChI=1S/C21H20N4O2S/c22-20(26)10-17(16-4-5-18-19(9-16)25-13-24-18)15-3-1-2-14(8-15)11-27-12-21-23-6-7-28-21/h1-9,13,17H,10-12H2,(H2,22,26)(H,24,25). The van der Waals surface area contributed by atoms with Crippen LogP contribution in [0, 0.1) is 0 Å². The molecule has 0 fully saturated rings. The van der Waals surface area contributed by atoms with Gasteiger partial charge in [0.05, 0.1) is 30.6 Å². The number of imidazole rings is 1. The van der Waals surface area contributed by atoms with Crippen molar-refractivity contribution < 1.29 is 9.53 Å². The lowest BCUT2D eigenvalue weighted by Gasteiger charge is -2.17. The Hall–Kier alpha value is -3.03. The summed E-state index contributed by atoms with van der Waals surface area (Å²) in [7, 11) is 0. The third-order valence-electron chi connectivity index (χ3n) is 4.58. The number of thiazole rings is 1. The lowest BCUT2D eigenvalue weighted by Crippen LogP contribution is -2.16. The topological polar surface area (TPSA) is 93.9 Å². The van der Waals surface area contributed by atoms with Crippen molar-refractivity contribution in [1.82, 2.24) is 15.0 Å². The van der Waals surface area contributed by atoms with Crippen molar-refractivity contribution in [3.8, 4) is 0 Å². The van der Waals surface area contributed by atoms with Crippen LogP contribution in [0.5, 0.6) is 0 Å². The zero-order valence-corrected chi connectivity index (χ0v) is 16.0. The van der Waals surface area contributed by atoms with Crippen LogP contribution in [0.15, 0.2) is 60.4 Å². The van der Waals surface area contributed by atoms with Crippen molar-refractivity contribution in [1.29, 1.82) is 0 Å². The molecule has 0 aliphatic rings. The highest BCUT2D eigenvalue weighted by atomic mass is 32.1. The molecule has 7 heteroatoms. The molecule has 28 heavy (non-hydrogen) atoms. The van der Waals surface area contributed by atoms with Crippen LogP contribution in [0.2, 0.25) is 0 Å². The van der Waals surface area contributed by atoms with Gasteiger partial charge in [0.25, 0.3) is 0 Å². The Balaban J connectivity index is 1.56. The Labute approximate surface area is 166 Å². The summed E-state index contributed by atoms with van der Waals surface area (Å²) in [6.07, 6.45) is 3.67. The maximum Gasteiger partial charge on any atom is 0.218 e. The molecular formula is C21H20N4O2S. The number of benzene rings is 2. The molecule has 0 bridgehead atoms. The minimum absolute atomic E-state index is 0.127. The normalized spacial score (nSPS) is 12.3. The summed E-state index contributed by atoms with van der Waals surface area (Å²) >= 11 is 1.58. The Morgan fingerprint density at radius 3 is 2.86 bits per heavy atom. The number of H-pyrrole nitrogens is 1. The SMILES string of the molecule is NC(=O)CC(c1cccc(COCc2nccs2)c1)c1ccc2[nH]cnc2c1. The summed E-state index contributed by atoms with van der Waals surface area (Å²) in [5.41, 5.74) is 10.5. The van der Waals surface area contributed by atoms with Crippen molar-refractivity contribution in [2.24, 2.45) is 5.73 Å². The summed E-state index contributed by atoms with van der Waals surface area (Å²) in [5, 5.41) is 2.89.